The van der Waals surface area contributed by atoms with Crippen LogP contribution in [0.5, 0.6) is 28.7 Å². The minimum atomic E-state index is -2.10. The van der Waals surface area contributed by atoms with Crippen LogP contribution in [0.1, 0.15) is 81.5 Å². The van der Waals surface area contributed by atoms with Crippen LogP contribution in [-0.2, 0) is 8.85 Å². The lowest BCUT2D eigenvalue weighted by atomic mass is 10.1. The molecular weight excluding hydrogens is 801 g/mol. The molecule has 0 spiro atoms. The second-order valence-corrected chi connectivity index (χ2v) is 28.4. The fourth-order valence-corrected chi connectivity index (χ4v) is 8.59. The van der Waals surface area contributed by atoms with Crippen molar-refractivity contribution in [3.63, 3.8) is 0 Å². The molecule has 16 heteroatoms. The van der Waals surface area contributed by atoms with E-state index in [2.05, 4.69) is 80.9 Å². The zero-order valence-electron chi connectivity index (χ0n) is 37.9. The van der Waals surface area contributed by atoms with Crippen LogP contribution in [0.3, 0.4) is 0 Å². The number of nitrogen functional groups attached to an aromatic ring is 1. The summed E-state index contributed by atoms with van der Waals surface area (Å²) in [7, 11) is -1.18. The maximum absolute atomic E-state index is 14.1. The molecule has 2 atom stereocenters. The van der Waals surface area contributed by atoms with E-state index in [0.717, 1.165) is 11.1 Å². The third-order valence-electron chi connectivity index (χ3n) is 12.2. The van der Waals surface area contributed by atoms with Crippen molar-refractivity contribution in [2.45, 2.75) is 109 Å². The van der Waals surface area contributed by atoms with Crippen molar-refractivity contribution in [3.8, 4) is 28.7 Å². The molecule has 2 unspecified atom stereocenters. The summed E-state index contributed by atoms with van der Waals surface area (Å²) in [5.41, 5.74) is 14.4. The first-order valence-corrected chi connectivity index (χ1v) is 26.3. The molecule has 0 saturated carbocycles. The van der Waals surface area contributed by atoms with Gasteiger partial charge in [-0.25, -0.2) is 4.79 Å². The number of rotatable bonds is 17. The van der Waals surface area contributed by atoms with Crippen molar-refractivity contribution in [3.05, 3.63) is 59.7 Å². The Morgan fingerprint density at radius 1 is 0.683 bits per heavy atom. The predicted molar refractivity (Wildman–Crippen MR) is 240 cm³/mol. The molecule has 60 heavy (non-hydrogen) atoms. The predicted octanol–water partition coefficient (Wildman–Crippen LogP) is 8.18. The third-order valence-corrected chi connectivity index (χ3v) is 21.2. The number of amides is 3. The summed E-state index contributed by atoms with van der Waals surface area (Å²) in [5, 5.41) is 0.0386. The number of primary amides is 1. The fraction of sp³-hybridized carbons (Fsp3) is 0.568. The van der Waals surface area contributed by atoms with E-state index in [1.165, 1.54) is 26.4 Å². The molecule has 3 amide bonds. The van der Waals surface area contributed by atoms with E-state index < -0.39 is 22.7 Å². The molecule has 2 fully saturated rings. The van der Waals surface area contributed by atoms with Crippen LogP contribution >= 0.6 is 0 Å². The molecule has 2 saturated heterocycles. The summed E-state index contributed by atoms with van der Waals surface area (Å²) in [6.45, 7) is 32.0. The zero-order valence-corrected chi connectivity index (χ0v) is 39.9. The Morgan fingerprint density at radius 2 is 1.10 bits per heavy atom. The fourth-order valence-electron chi connectivity index (χ4n) is 6.51. The molecule has 14 nitrogen and oxygen atoms in total. The minimum Gasteiger partial charge on any atom is -0.493 e. The Morgan fingerprint density at radius 3 is 1.52 bits per heavy atom. The van der Waals surface area contributed by atoms with Crippen molar-refractivity contribution in [1.82, 2.24) is 9.80 Å². The van der Waals surface area contributed by atoms with Gasteiger partial charge in [0, 0.05) is 43.4 Å². The Hall–Kier alpha value is -4.52. The van der Waals surface area contributed by atoms with Crippen LogP contribution in [0.15, 0.2) is 48.6 Å². The highest BCUT2D eigenvalue weighted by molar-refractivity contribution is 6.74. The van der Waals surface area contributed by atoms with Gasteiger partial charge in [-0.05, 0) is 55.2 Å². The van der Waals surface area contributed by atoms with Crippen molar-refractivity contribution in [2.24, 2.45) is 5.73 Å². The van der Waals surface area contributed by atoms with Crippen molar-refractivity contribution >= 4 is 40.2 Å². The summed E-state index contributed by atoms with van der Waals surface area (Å²) in [5.74, 6) is 0.537. The average Bonchev–Trinajstić information content (AvgIpc) is 3.72. The van der Waals surface area contributed by atoms with Crippen molar-refractivity contribution < 1.29 is 46.9 Å². The molecule has 0 aliphatic carbocycles. The number of benzene rings is 2. The monoisotopic (exact) mass is 868 g/mol. The van der Waals surface area contributed by atoms with Gasteiger partial charge in [-0.2, -0.15) is 0 Å². The van der Waals surface area contributed by atoms with Gasteiger partial charge < -0.3 is 53.8 Å². The third kappa shape index (κ3) is 11.4. The lowest BCUT2D eigenvalue weighted by Crippen LogP contribution is -2.46. The maximum atomic E-state index is 14.1. The van der Waals surface area contributed by atoms with E-state index in [1.54, 1.807) is 21.9 Å². The Kier molecular flexibility index (Phi) is 15.3. The van der Waals surface area contributed by atoms with Gasteiger partial charge in [0.2, 0.25) is 0 Å². The summed E-state index contributed by atoms with van der Waals surface area (Å²) in [6, 6.07) is 5.70. The number of nitrogens with two attached hydrogens (primary N) is 2. The van der Waals surface area contributed by atoms with Gasteiger partial charge in [0.1, 0.15) is 5.75 Å². The van der Waals surface area contributed by atoms with Gasteiger partial charge in [0.25, 0.3) is 11.8 Å². The largest absolute Gasteiger partial charge is 0.493 e. The summed E-state index contributed by atoms with van der Waals surface area (Å²) >= 11 is 0. The first kappa shape index (κ1) is 48.2. The van der Waals surface area contributed by atoms with E-state index in [0.29, 0.717) is 62.6 Å². The molecule has 4 N–H and O–H groups in total. The second kappa shape index (κ2) is 19.0. The van der Waals surface area contributed by atoms with Gasteiger partial charge in [-0.15, -0.1) is 0 Å². The Balaban J connectivity index is 1.43. The number of anilines is 1. The van der Waals surface area contributed by atoms with Crippen molar-refractivity contribution in [1.29, 1.82) is 0 Å². The van der Waals surface area contributed by atoms with Crippen LogP contribution < -0.4 is 35.2 Å². The highest BCUT2D eigenvalue weighted by atomic mass is 28.4. The average molecular weight is 869 g/mol. The van der Waals surface area contributed by atoms with E-state index in [1.807, 2.05) is 0 Å². The number of nitrogens with zero attached hydrogens (tertiary/aromatic N) is 2. The maximum Gasteiger partial charge on any atom is 0.409 e. The van der Waals surface area contributed by atoms with Gasteiger partial charge in [0.05, 0.1) is 63.9 Å². The van der Waals surface area contributed by atoms with Crippen molar-refractivity contribution in [2.75, 3.05) is 59.5 Å². The van der Waals surface area contributed by atoms with E-state index >= 15 is 0 Å². The molecule has 0 radical (unpaired) electrons. The first-order chi connectivity index (χ1) is 27.8. The quantitative estimate of drug-likeness (QED) is 0.0679. The first-order valence-electron chi connectivity index (χ1n) is 20.5. The molecule has 0 bridgehead atoms. The Bertz CT molecular complexity index is 1940. The van der Waals surface area contributed by atoms with E-state index in [4.69, 9.17) is 44.0 Å². The molecule has 2 aromatic rings. The van der Waals surface area contributed by atoms with E-state index in [9.17, 15) is 14.4 Å². The SMILES string of the molecule is C=C1CC(CO[Si](C)(C)C(C)(C)C)N(C(=O)c2cc(OC)c(OCCCOc3cc(OC(N)=O)c(C(=O)N4CC(=C)CC4CO[Si](C)(C)C(C)(C)C)cc3OC)cc2N)C1. The smallest absolute Gasteiger partial charge is 0.409 e. The zero-order chi connectivity index (χ0) is 45.0. The molecule has 4 rings (SSSR count). The number of methoxy groups -OCH3 is 2. The van der Waals surface area contributed by atoms with E-state index in [-0.39, 0.29) is 75.7 Å². The number of ether oxygens (including phenoxy) is 5. The van der Waals surface area contributed by atoms with Gasteiger partial charge in [0.15, 0.2) is 39.6 Å². The van der Waals surface area contributed by atoms with Crippen LogP contribution in [0, 0.1) is 0 Å². The highest BCUT2D eigenvalue weighted by Crippen LogP contribution is 2.41. The summed E-state index contributed by atoms with van der Waals surface area (Å²) in [4.78, 5) is 43.5. The summed E-state index contributed by atoms with van der Waals surface area (Å²) < 4.78 is 41.7. The molecule has 2 heterocycles. The minimum absolute atomic E-state index is 0.000789. The van der Waals surface area contributed by atoms with Gasteiger partial charge in [-0.1, -0.05) is 65.8 Å². The highest BCUT2D eigenvalue weighted by Gasteiger charge is 2.42. The number of hydrogen-bond acceptors (Lipinski definition) is 11. The lowest BCUT2D eigenvalue weighted by Gasteiger charge is -2.38. The molecule has 0 aromatic heterocycles. The Labute approximate surface area is 358 Å². The van der Waals surface area contributed by atoms with Crippen LogP contribution in [-0.4, -0.2) is 110 Å². The number of carbonyl (C=O) groups excluding carboxylic acids is 3. The summed E-state index contributed by atoms with van der Waals surface area (Å²) in [6.07, 6.45) is 0.574. The van der Waals surface area contributed by atoms with Crippen LogP contribution in [0.25, 0.3) is 0 Å². The molecular formula is C44H68N4O10Si2. The molecule has 332 valence electrons. The van der Waals surface area contributed by atoms with Crippen LogP contribution in [0.4, 0.5) is 10.5 Å². The van der Waals surface area contributed by atoms with Crippen LogP contribution in [0.2, 0.25) is 36.3 Å². The number of hydrogen-bond donors (Lipinski definition) is 2. The second-order valence-electron chi connectivity index (χ2n) is 18.8. The lowest BCUT2D eigenvalue weighted by molar-refractivity contribution is 0.0677. The molecule has 2 aromatic carbocycles. The number of carbonyl (C=O) groups is 3. The standard InChI is InChI=1S/C44H68N4O10Si2/c1-28-18-30(26-56-59(11,12)43(3,4)5)47(24-28)40(49)32-20-36(52-9)38(22-34(32)45)54-16-15-17-55-39-23-35(58-42(46)51)33(21-37(39)53-10)41(50)48-25-29(2)19-31(48)27-57-60(13,14)44(6,7)8/h20-23,30-31H,1-2,15-19,24-27,45H2,3-14H3,(H2,46,51). The van der Waals surface area contributed by atoms with Gasteiger partial charge in [-0.3, -0.25) is 9.59 Å². The molecule has 2 aliphatic rings. The van der Waals surface area contributed by atoms with Gasteiger partial charge >= 0.3 is 6.09 Å². The normalized spacial score (nSPS) is 17.5. The topological polar surface area (TPSA) is 174 Å². The number of likely N-dealkylation sites (tertiary alicyclic amines) is 2. The molecule has 2 aliphatic heterocycles.